The maximum atomic E-state index is 10.6. The van der Waals surface area contributed by atoms with Gasteiger partial charge in [-0.25, -0.2) is 16.8 Å². The average molecular weight is 532 g/mol. The molecule has 0 unspecified atom stereocenters. The Kier molecular flexibility index (Phi) is 20.7. The molecule has 15 heteroatoms. The van der Waals surface area contributed by atoms with Crippen LogP contribution < -0.4 is 22.9 Å². The minimum atomic E-state index is -3.72. The van der Waals surface area contributed by atoms with E-state index in [0.29, 0.717) is 19.1 Å². The normalized spacial score (nSPS) is 12.5. The zero-order valence-corrected chi connectivity index (χ0v) is 23.1. The lowest BCUT2D eigenvalue weighted by Crippen LogP contribution is -3.00. The molecule has 0 N–H and O–H groups in total. The third-order valence-corrected chi connectivity index (χ3v) is 4.43. The van der Waals surface area contributed by atoms with Crippen molar-refractivity contribution in [3.63, 3.8) is 0 Å². The molecule has 0 aromatic rings. The number of rotatable bonds is 12. The van der Waals surface area contributed by atoms with Gasteiger partial charge in [-0.3, -0.25) is 4.79 Å². The second-order valence-corrected chi connectivity index (χ2v) is 12.7. The Labute approximate surface area is 200 Å². The highest BCUT2D eigenvalue weighted by Crippen LogP contribution is 2.06. The van der Waals surface area contributed by atoms with Crippen LogP contribution in [0, 0.1) is 0 Å². The van der Waals surface area contributed by atoms with E-state index in [1.807, 2.05) is 0 Å². The fourth-order valence-electron chi connectivity index (χ4n) is 2.30. The Hall–Kier alpha value is -0.420. The minimum Gasteiger partial charge on any atom is -1.00 e. The molecule has 0 heterocycles. The summed E-state index contributed by atoms with van der Waals surface area (Å²) in [4.78, 5) is 10.6. The second-order valence-electron chi connectivity index (χ2n) is 9.66. The standard InChI is InChI=1S/C15H36N3O.2CH4O4S.ClH/c1-16(2,3)10-8-11-17(4,5)12-9-13-18(6,7)14-15-19;2*1-6(3,4)5-2;/h15H,8-14H2,1-7H3;2*2H,1H3;1H/q+3;;;/p-3. The van der Waals surface area contributed by atoms with Crippen LogP contribution >= 0.6 is 0 Å². The summed E-state index contributed by atoms with van der Waals surface area (Å²) in [5.41, 5.74) is 0. The number of hydrogen-bond donors (Lipinski definition) is 0. The van der Waals surface area contributed by atoms with Gasteiger partial charge in [-0.15, -0.1) is 0 Å². The van der Waals surface area contributed by atoms with Crippen molar-refractivity contribution in [3.8, 4) is 0 Å². The second kappa shape index (κ2) is 17.1. The molecular weight excluding hydrogens is 490 g/mol. The van der Waals surface area contributed by atoms with Crippen molar-refractivity contribution in [2.45, 2.75) is 12.8 Å². The zero-order chi connectivity index (χ0) is 25.6. The first kappa shape index (κ1) is 38.8. The minimum absolute atomic E-state index is 0. The van der Waals surface area contributed by atoms with Crippen LogP contribution in [0.1, 0.15) is 12.8 Å². The summed E-state index contributed by atoms with van der Waals surface area (Å²) in [6.45, 7) is 5.35. The molecule has 198 valence electrons. The molecule has 12 nitrogen and oxygen atoms in total. The number of nitrogens with zero attached hydrogens (tertiary/aromatic N) is 3. The van der Waals surface area contributed by atoms with Crippen molar-refractivity contribution >= 4 is 26.5 Å². The summed E-state index contributed by atoms with van der Waals surface area (Å²) in [5.74, 6) is 0. The quantitative estimate of drug-likeness (QED) is 0.104. The molecule has 0 saturated carbocycles. The van der Waals surface area contributed by atoms with Crippen LogP contribution in [0.4, 0.5) is 0 Å². The summed E-state index contributed by atoms with van der Waals surface area (Å²) >= 11 is 0. The summed E-state index contributed by atoms with van der Waals surface area (Å²) in [6.07, 6.45) is 4.84. The van der Waals surface area contributed by atoms with Crippen molar-refractivity contribution in [1.29, 1.82) is 0 Å². The maximum absolute atomic E-state index is 10.6. The van der Waals surface area contributed by atoms with Gasteiger partial charge in [-0.05, 0) is 0 Å². The Morgan fingerprint density at radius 2 is 0.969 bits per heavy atom. The molecule has 0 amide bonds. The summed E-state index contributed by atoms with van der Waals surface area (Å²) in [7, 11) is 8.20. The maximum Gasteiger partial charge on any atom is 0.255 e. The molecule has 0 spiro atoms. The van der Waals surface area contributed by atoms with E-state index in [-0.39, 0.29) is 12.4 Å². The number of likely N-dealkylation sites (N-methyl/N-ethyl adjacent to an activating group) is 1. The first-order valence-corrected chi connectivity index (χ1v) is 13.1. The van der Waals surface area contributed by atoms with E-state index in [4.69, 9.17) is 10.5 Å². The molecule has 0 aromatic heterocycles. The fraction of sp³-hybridized carbons (Fsp3) is 0.941. The highest BCUT2D eigenvalue weighted by Gasteiger charge is 2.20. The van der Waals surface area contributed by atoms with E-state index in [1.165, 1.54) is 32.5 Å². The summed E-state index contributed by atoms with van der Waals surface area (Å²) < 4.78 is 46.1. The largest absolute Gasteiger partial charge is 1.00 e. The molecule has 0 rings (SSSR count). The van der Waals surface area contributed by atoms with E-state index in [2.05, 4.69) is 58.0 Å². The van der Waals surface area contributed by atoms with Gasteiger partial charge in [-0.2, -0.15) is 0 Å². The monoisotopic (exact) mass is 531 g/mol. The smallest absolute Gasteiger partial charge is 0.255 e. The van der Waals surface area contributed by atoms with Crippen molar-refractivity contribution in [3.05, 3.63) is 0 Å². The average Bonchev–Trinajstić information content (AvgIpc) is 2.52. The Morgan fingerprint density at radius 1 is 0.688 bits per heavy atom. The molecule has 0 aromatic carbocycles. The molecule has 0 radical (unpaired) electrons. The third kappa shape index (κ3) is 36.9. The van der Waals surface area contributed by atoms with Crippen molar-refractivity contribution in [1.82, 2.24) is 0 Å². The fourth-order valence-corrected chi connectivity index (χ4v) is 2.30. The number of aldehydes is 1. The summed E-state index contributed by atoms with van der Waals surface area (Å²) in [5, 5.41) is 17.7. The molecular formula is C17H42ClN3O9S2. The van der Waals surface area contributed by atoms with Crippen molar-refractivity contribution < 1.29 is 66.7 Å². The lowest BCUT2D eigenvalue weighted by molar-refractivity contribution is -0.911. The first-order chi connectivity index (χ1) is 13.6. The van der Waals surface area contributed by atoms with Crippen LogP contribution in [0.3, 0.4) is 0 Å². The lowest BCUT2D eigenvalue weighted by Gasteiger charge is -2.33. The van der Waals surface area contributed by atoms with Gasteiger partial charge in [0.15, 0.2) is 6.29 Å². The number of halogens is 1. The van der Waals surface area contributed by atoms with Gasteiger partial charge in [0.05, 0.1) is 88.0 Å². The highest BCUT2D eigenvalue weighted by molar-refractivity contribution is 7.86. The molecule has 0 fully saturated rings. The van der Waals surface area contributed by atoms with Gasteiger partial charge in [0, 0.05) is 12.8 Å². The third-order valence-electron chi connectivity index (χ3n) is 3.94. The van der Waals surface area contributed by atoms with Crippen LogP contribution in [-0.2, 0) is 33.7 Å². The van der Waals surface area contributed by atoms with E-state index < -0.39 is 20.2 Å². The van der Waals surface area contributed by atoms with Gasteiger partial charge < -0.3 is 45.0 Å². The molecule has 0 aliphatic rings. The van der Waals surface area contributed by atoms with Gasteiger partial charge in [0.1, 0.15) is 6.54 Å². The number of carbonyl (C=O) groups is 1. The molecule has 0 aliphatic carbocycles. The van der Waals surface area contributed by atoms with Gasteiger partial charge in [-0.1, -0.05) is 0 Å². The van der Waals surface area contributed by atoms with Crippen LogP contribution in [0.25, 0.3) is 0 Å². The van der Waals surface area contributed by atoms with Crippen LogP contribution in [0.2, 0.25) is 0 Å². The molecule has 0 aliphatic heterocycles. The molecule has 0 atom stereocenters. The molecule has 32 heavy (non-hydrogen) atoms. The van der Waals surface area contributed by atoms with Gasteiger partial charge in [0.25, 0.3) is 20.2 Å². The predicted octanol–water partition coefficient (Wildman–Crippen LogP) is -5.70. The Balaban J connectivity index is -0.000000248. The van der Waals surface area contributed by atoms with E-state index in [0.717, 1.165) is 26.3 Å². The van der Waals surface area contributed by atoms with Crippen LogP contribution in [0.15, 0.2) is 0 Å². The van der Waals surface area contributed by atoms with E-state index in [1.54, 1.807) is 0 Å². The van der Waals surface area contributed by atoms with Gasteiger partial charge in [0.2, 0.25) is 0 Å². The number of quaternary nitrogens is 3. The van der Waals surface area contributed by atoms with Crippen LogP contribution in [0.5, 0.6) is 0 Å². The van der Waals surface area contributed by atoms with Crippen molar-refractivity contribution in [2.24, 2.45) is 0 Å². The highest BCUT2D eigenvalue weighted by atomic mass is 35.5. The van der Waals surface area contributed by atoms with Crippen LogP contribution in [-0.4, -0.2) is 131 Å². The van der Waals surface area contributed by atoms with E-state index in [9.17, 15) is 21.6 Å². The zero-order valence-electron chi connectivity index (χ0n) is 20.7. The number of hydrogen-bond acceptors (Lipinski definition) is 9. The Morgan fingerprint density at radius 3 is 1.22 bits per heavy atom. The SMILES string of the molecule is CS(=O)(=O)O[O-].CS(=O)(=O)O[O-].C[N+](C)(C)CCC[N+](C)(C)CCC[N+](C)(C)CC=O.[Cl-]. The number of carbonyl (C=O) groups excluding carboxylic acids is 1. The topological polar surface area (TPSA) is 150 Å². The molecule has 0 bridgehead atoms. The molecule has 0 saturated heterocycles. The lowest BCUT2D eigenvalue weighted by atomic mass is 10.2. The van der Waals surface area contributed by atoms with Crippen molar-refractivity contribution in [2.75, 3.05) is 94.6 Å². The predicted molar refractivity (Wildman–Crippen MR) is 114 cm³/mol. The van der Waals surface area contributed by atoms with Gasteiger partial charge >= 0.3 is 0 Å². The first-order valence-electron chi connectivity index (χ1n) is 9.51. The summed E-state index contributed by atoms with van der Waals surface area (Å²) in [6, 6.07) is 0. The van der Waals surface area contributed by atoms with E-state index >= 15 is 0 Å². The Bertz CT molecular complexity index is 661.